The second-order valence-corrected chi connectivity index (χ2v) is 4.02. The standard InChI is InChI=1S/C10H21N3O2/c1-3-9(10(11)13-14)12-6-8-4-5-15-7(8)2/h7-9,12,14H,3-6H2,1-2H3,(H2,11,13). The van der Waals surface area contributed by atoms with Gasteiger partial charge in [0.1, 0.15) is 0 Å². The maximum Gasteiger partial charge on any atom is 0.156 e. The fraction of sp³-hybridized carbons (Fsp3) is 0.900. The van der Waals surface area contributed by atoms with Gasteiger partial charge in [-0.1, -0.05) is 12.1 Å². The highest BCUT2D eigenvalue weighted by Crippen LogP contribution is 2.19. The zero-order chi connectivity index (χ0) is 11.3. The van der Waals surface area contributed by atoms with Crippen molar-refractivity contribution in [2.24, 2.45) is 16.8 Å². The molecule has 1 rings (SSSR count). The van der Waals surface area contributed by atoms with Crippen LogP contribution in [-0.4, -0.2) is 36.3 Å². The first kappa shape index (κ1) is 12.3. The van der Waals surface area contributed by atoms with Gasteiger partial charge in [-0.3, -0.25) is 0 Å². The van der Waals surface area contributed by atoms with E-state index in [2.05, 4.69) is 17.4 Å². The van der Waals surface area contributed by atoms with E-state index in [0.29, 0.717) is 12.0 Å². The van der Waals surface area contributed by atoms with Gasteiger partial charge < -0.3 is 21.0 Å². The molecule has 1 heterocycles. The van der Waals surface area contributed by atoms with Gasteiger partial charge in [0, 0.05) is 13.2 Å². The highest BCUT2D eigenvalue weighted by Gasteiger charge is 2.25. The molecule has 3 atom stereocenters. The number of amidine groups is 1. The van der Waals surface area contributed by atoms with Crippen molar-refractivity contribution in [1.29, 1.82) is 0 Å². The van der Waals surface area contributed by atoms with Crippen LogP contribution in [0, 0.1) is 5.92 Å². The summed E-state index contributed by atoms with van der Waals surface area (Å²) in [5, 5.41) is 14.9. The van der Waals surface area contributed by atoms with E-state index in [1.807, 2.05) is 6.92 Å². The van der Waals surface area contributed by atoms with Crippen LogP contribution in [0.3, 0.4) is 0 Å². The van der Waals surface area contributed by atoms with Gasteiger partial charge in [-0.25, -0.2) is 0 Å². The third-order valence-corrected chi connectivity index (χ3v) is 3.04. The Morgan fingerprint density at radius 3 is 2.93 bits per heavy atom. The van der Waals surface area contributed by atoms with Crippen molar-refractivity contribution >= 4 is 5.84 Å². The highest BCUT2D eigenvalue weighted by molar-refractivity contribution is 5.85. The van der Waals surface area contributed by atoms with Gasteiger partial charge in [-0.05, 0) is 25.7 Å². The number of hydrogen-bond donors (Lipinski definition) is 3. The first-order valence-electron chi connectivity index (χ1n) is 5.51. The predicted molar refractivity (Wildman–Crippen MR) is 59.0 cm³/mol. The smallest absolute Gasteiger partial charge is 0.156 e. The molecule has 1 aliphatic heterocycles. The molecule has 15 heavy (non-hydrogen) atoms. The Kier molecular flexibility index (Phi) is 4.84. The van der Waals surface area contributed by atoms with Crippen LogP contribution in [0.1, 0.15) is 26.7 Å². The number of hydrogen-bond acceptors (Lipinski definition) is 4. The summed E-state index contributed by atoms with van der Waals surface area (Å²) in [4.78, 5) is 0. The van der Waals surface area contributed by atoms with Gasteiger partial charge in [0.05, 0.1) is 12.1 Å². The van der Waals surface area contributed by atoms with Crippen molar-refractivity contribution in [3.05, 3.63) is 0 Å². The Labute approximate surface area is 90.7 Å². The molecule has 88 valence electrons. The van der Waals surface area contributed by atoms with E-state index in [1.165, 1.54) is 0 Å². The molecule has 1 saturated heterocycles. The van der Waals surface area contributed by atoms with E-state index >= 15 is 0 Å². The monoisotopic (exact) mass is 215 g/mol. The van der Waals surface area contributed by atoms with Crippen LogP contribution in [0.4, 0.5) is 0 Å². The normalized spacial score (nSPS) is 29.3. The van der Waals surface area contributed by atoms with Gasteiger partial charge in [0.2, 0.25) is 0 Å². The van der Waals surface area contributed by atoms with Crippen molar-refractivity contribution in [2.75, 3.05) is 13.2 Å². The fourth-order valence-electron chi connectivity index (χ4n) is 1.87. The van der Waals surface area contributed by atoms with E-state index in [0.717, 1.165) is 26.0 Å². The van der Waals surface area contributed by atoms with E-state index in [4.69, 9.17) is 15.7 Å². The molecule has 0 bridgehead atoms. The maximum atomic E-state index is 8.58. The predicted octanol–water partition coefficient (Wildman–Crippen LogP) is 0.526. The van der Waals surface area contributed by atoms with Gasteiger partial charge in [-0.2, -0.15) is 0 Å². The van der Waals surface area contributed by atoms with Crippen LogP contribution in [0.2, 0.25) is 0 Å². The average Bonchev–Trinajstić information content (AvgIpc) is 2.65. The molecule has 0 aromatic carbocycles. The van der Waals surface area contributed by atoms with Crippen molar-refractivity contribution in [3.8, 4) is 0 Å². The zero-order valence-corrected chi connectivity index (χ0v) is 9.44. The number of nitrogens with zero attached hydrogens (tertiary/aromatic N) is 1. The van der Waals surface area contributed by atoms with E-state index < -0.39 is 0 Å². The Bertz CT molecular complexity index is 221. The lowest BCUT2D eigenvalue weighted by molar-refractivity contribution is 0.105. The van der Waals surface area contributed by atoms with Crippen LogP contribution in [0.5, 0.6) is 0 Å². The number of nitrogens with two attached hydrogens (primary N) is 1. The van der Waals surface area contributed by atoms with Gasteiger partial charge in [0.25, 0.3) is 0 Å². The van der Waals surface area contributed by atoms with Crippen molar-refractivity contribution in [1.82, 2.24) is 5.32 Å². The molecule has 0 amide bonds. The lowest BCUT2D eigenvalue weighted by Crippen LogP contribution is -2.43. The summed E-state index contributed by atoms with van der Waals surface area (Å²) in [6.45, 7) is 5.79. The minimum atomic E-state index is -0.0391. The van der Waals surface area contributed by atoms with E-state index in [9.17, 15) is 0 Å². The molecular formula is C10H21N3O2. The highest BCUT2D eigenvalue weighted by atomic mass is 16.5. The molecule has 0 aromatic rings. The Morgan fingerprint density at radius 1 is 1.73 bits per heavy atom. The summed E-state index contributed by atoms with van der Waals surface area (Å²) in [5.41, 5.74) is 5.55. The van der Waals surface area contributed by atoms with Crippen LogP contribution in [0.15, 0.2) is 5.16 Å². The zero-order valence-electron chi connectivity index (χ0n) is 9.44. The summed E-state index contributed by atoms with van der Waals surface area (Å²) in [6.07, 6.45) is 2.21. The molecule has 0 saturated carbocycles. The average molecular weight is 215 g/mol. The third kappa shape index (κ3) is 3.35. The molecule has 3 unspecified atom stereocenters. The van der Waals surface area contributed by atoms with Gasteiger partial charge in [0.15, 0.2) is 5.84 Å². The Hall–Kier alpha value is -0.810. The molecule has 1 fully saturated rings. The first-order valence-corrected chi connectivity index (χ1v) is 5.51. The number of nitrogens with one attached hydrogen (secondary N) is 1. The summed E-state index contributed by atoms with van der Waals surface area (Å²) in [5.74, 6) is 0.787. The fourth-order valence-corrected chi connectivity index (χ4v) is 1.87. The lowest BCUT2D eigenvalue weighted by atomic mass is 10.0. The topological polar surface area (TPSA) is 79.9 Å². The summed E-state index contributed by atoms with van der Waals surface area (Å²) >= 11 is 0. The van der Waals surface area contributed by atoms with Crippen LogP contribution >= 0.6 is 0 Å². The summed E-state index contributed by atoms with van der Waals surface area (Å²) in [6, 6.07) is -0.0391. The summed E-state index contributed by atoms with van der Waals surface area (Å²) in [7, 11) is 0. The second kappa shape index (κ2) is 5.92. The Balaban J connectivity index is 2.34. The van der Waals surface area contributed by atoms with E-state index in [-0.39, 0.29) is 11.9 Å². The third-order valence-electron chi connectivity index (χ3n) is 3.04. The van der Waals surface area contributed by atoms with Crippen molar-refractivity contribution < 1.29 is 9.94 Å². The lowest BCUT2D eigenvalue weighted by Gasteiger charge is -2.20. The molecule has 5 heteroatoms. The largest absolute Gasteiger partial charge is 0.409 e. The molecule has 4 N–H and O–H groups in total. The van der Waals surface area contributed by atoms with Crippen LogP contribution in [0.25, 0.3) is 0 Å². The van der Waals surface area contributed by atoms with Crippen LogP contribution in [-0.2, 0) is 4.74 Å². The van der Waals surface area contributed by atoms with Crippen molar-refractivity contribution in [3.63, 3.8) is 0 Å². The molecule has 0 aromatic heterocycles. The number of ether oxygens (including phenoxy) is 1. The van der Waals surface area contributed by atoms with Crippen LogP contribution < -0.4 is 11.1 Å². The first-order chi connectivity index (χ1) is 7.19. The van der Waals surface area contributed by atoms with Gasteiger partial charge >= 0.3 is 0 Å². The maximum absolute atomic E-state index is 8.58. The quantitative estimate of drug-likeness (QED) is 0.270. The number of oxime groups is 1. The minimum absolute atomic E-state index is 0.0391. The summed E-state index contributed by atoms with van der Waals surface area (Å²) < 4.78 is 5.47. The number of rotatable bonds is 5. The Morgan fingerprint density at radius 2 is 2.47 bits per heavy atom. The molecule has 0 spiro atoms. The van der Waals surface area contributed by atoms with Gasteiger partial charge in [-0.15, -0.1) is 0 Å². The molecule has 1 aliphatic rings. The van der Waals surface area contributed by atoms with E-state index in [1.54, 1.807) is 0 Å². The molecule has 5 nitrogen and oxygen atoms in total. The van der Waals surface area contributed by atoms with Crippen molar-refractivity contribution in [2.45, 2.75) is 38.8 Å². The second-order valence-electron chi connectivity index (χ2n) is 4.02. The molecular weight excluding hydrogens is 194 g/mol. The minimum Gasteiger partial charge on any atom is -0.409 e. The SMILES string of the molecule is CCC(NCC1CCOC1C)C(N)=NO. The molecule has 0 radical (unpaired) electrons. The molecule has 0 aliphatic carbocycles.